The van der Waals surface area contributed by atoms with E-state index in [1.165, 1.54) is 0 Å². The first-order chi connectivity index (χ1) is 12.6. The van der Waals surface area contributed by atoms with Gasteiger partial charge in [-0.15, -0.1) is 5.10 Å². The SMILES string of the molecule is CCSc1nc2n(n1)[C@H](c1cccc(OC)c1)C1=C(C[C@H](C)CC1=O)N2. The third kappa shape index (κ3) is 2.90. The number of carbonyl (C=O) groups is 1. The van der Waals surface area contributed by atoms with Gasteiger partial charge in [0, 0.05) is 17.7 Å². The molecule has 2 aliphatic rings. The monoisotopic (exact) mass is 370 g/mol. The molecule has 2 aromatic rings. The zero-order valence-corrected chi connectivity index (χ0v) is 16.0. The number of fused-ring (bicyclic) bond motifs is 1. The van der Waals surface area contributed by atoms with Crippen molar-refractivity contribution in [3.63, 3.8) is 0 Å². The maximum absolute atomic E-state index is 12.9. The second-order valence-electron chi connectivity index (χ2n) is 6.73. The molecule has 0 saturated carbocycles. The summed E-state index contributed by atoms with van der Waals surface area (Å²) in [7, 11) is 1.65. The molecule has 4 rings (SSSR count). The molecule has 0 radical (unpaired) electrons. The van der Waals surface area contributed by atoms with Crippen molar-refractivity contribution in [3.05, 3.63) is 41.1 Å². The highest BCUT2D eigenvalue weighted by Gasteiger charge is 2.38. The maximum Gasteiger partial charge on any atom is 0.227 e. The van der Waals surface area contributed by atoms with E-state index in [9.17, 15) is 4.79 Å². The summed E-state index contributed by atoms with van der Waals surface area (Å²) in [5, 5.41) is 8.77. The fraction of sp³-hybridized carbons (Fsp3) is 0.421. The van der Waals surface area contributed by atoms with E-state index >= 15 is 0 Å². The minimum Gasteiger partial charge on any atom is -0.497 e. The second kappa shape index (κ2) is 6.79. The molecule has 1 N–H and O–H groups in total. The molecule has 1 aliphatic heterocycles. The van der Waals surface area contributed by atoms with Crippen molar-refractivity contribution in [1.29, 1.82) is 0 Å². The average Bonchev–Trinajstić information content (AvgIpc) is 3.02. The minimum absolute atomic E-state index is 0.185. The van der Waals surface area contributed by atoms with Crippen molar-refractivity contribution < 1.29 is 9.53 Å². The first kappa shape index (κ1) is 17.1. The van der Waals surface area contributed by atoms with E-state index < -0.39 is 0 Å². The molecule has 2 heterocycles. The van der Waals surface area contributed by atoms with Gasteiger partial charge in [-0.05, 0) is 35.8 Å². The third-order valence-corrected chi connectivity index (χ3v) is 5.51. The number of ether oxygens (including phenoxy) is 1. The summed E-state index contributed by atoms with van der Waals surface area (Å²) in [5.41, 5.74) is 2.77. The molecular weight excluding hydrogens is 348 g/mol. The standard InChI is InChI=1S/C19H22N4O2S/c1-4-26-19-21-18-20-14-8-11(2)9-15(24)16(14)17(23(18)22-19)12-6-5-7-13(10-12)25-3/h5-7,10-11,17H,4,8-9H2,1-3H3,(H,20,21,22)/t11-,17+/m0/s1. The highest BCUT2D eigenvalue weighted by molar-refractivity contribution is 7.99. The third-order valence-electron chi connectivity index (χ3n) is 4.79. The Morgan fingerprint density at radius 1 is 1.38 bits per heavy atom. The number of allylic oxidation sites excluding steroid dienone is 2. The van der Waals surface area contributed by atoms with Gasteiger partial charge in [-0.3, -0.25) is 4.79 Å². The van der Waals surface area contributed by atoms with Crippen LogP contribution in [0.3, 0.4) is 0 Å². The van der Waals surface area contributed by atoms with Gasteiger partial charge in [-0.25, -0.2) is 4.68 Å². The Balaban J connectivity index is 1.87. The Labute approximate surface area is 157 Å². The Morgan fingerprint density at radius 3 is 3.00 bits per heavy atom. The van der Waals surface area contributed by atoms with Gasteiger partial charge in [0.1, 0.15) is 11.8 Å². The summed E-state index contributed by atoms with van der Waals surface area (Å²) < 4.78 is 7.24. The summed E-state index contributed by atoms with van der Waals surface area (Å²) in [4.78, 5) is 17.6. The second-order valence-corrected chi connectivity index (χ2v) is 7.96. The van der Waals surface area contributed by atoms with Crippen LogP contribution < -0.4 is 10.1 Å². The number of rotatable bonds is 4. The number of anilines is 1. The number of aromatic nitrogens is 3. The molecule has 1 aliphatic carbocycles. The lowest BCUT2D eigenvalue weighted by molar-refractivity contribution is -0.117. The van der Waals surface area contributed by atoms with Gasteiger partial charge < -0.3 is 10.1 Å². The topological polar surface area (TPSA) is 69.0 Å². The van der Waals surface area contributed by atoms with E-state index in [-0.39, 0.29) is 11.8 Å². The van der Waals surface area contributed by atoms with Crippen molar-refractivity contribution in [3.8, 4) is 5.75 Å². The van der Waals surface area contributed by atoms with Gasteiger partial charge in [0.25, 0.3) is 0 Å². The van der Waals surface area contributed by atoms with Crippen molar-refractivity contribution in [2.75, 3.05) is 18.2 Å². The normalized spacial score (nSPS) is 21.9. The van der Waals surface area contributed by atoms with Gasteiger partial charge in [0.2, 0.25) is 11.1 Å². The van der Waals surface area contributed by atoms with Crippen LogP contribution in [-0.4, -0.2) is 33.4 Å². The van der Waals surface area contributed by atoms with Crippen LogP contribution in [-0.2, 0) is 4.79 Å². The number of nitrogens with one attached hydrogen (secondary N) is 1. The molecule has 0 amide bonds. The molecule has 0 bridgehead atoms. The largest absolute Gasteiger partial charge is 0.497 e. The molecule has 0 fully saturated rings. The summed E-state index contributed by atoms with van der Waals surface area (Å²) in [6.07, 6.45) is 1.42. The Bertz CT molecular complexity index is 889. The molecule has 6 nitrogen and oxygen atoms in total. The van der Waals surface area contributed by atoms with E-state index in [0.29, 0.717) is 18.3 Å². The molecule has 2 atom stereocenters. The summed E-state index contributed by atoms with van der Waals surface area (Å²) in [6.45, 7) is 4.19. The van der Waals surface area contributed by atoms with Crippen LogP contribution in [0.1, 0.15) is 38.3 Å². The molecule has 7 heteroatoms. The predicted molar refractivity (Wildman–Crippen MR) is 102 cm³/mol. The van der Waals surface area contributed by atoms with Crippen molar-refractivity contribution in [2.24, 2.45) is 5.92 Å². The number of nitrogens with zero attached hydrogens (tertiary/aromatic N) is 3. The van der Waals surface area contributed by atoms with Crippen LogP contribution >= 0.6 is 11.8 Å². The number of ketones is 1. The quantitative estimate of drug-likeness (QED) is 0.828. The van der Waals surface area contributed by atoms with Crippen LogP contribution in [0, 0.1) is 5.92 Å². The number of thioether (sulfide) groups is 1. The van der Waals surface area contributed by atoms with E-state index in [4.69, 9.17) is 4.74 Å². The van der Waals surface area contributed by atoms with Crippen molar-refractivity contribution in [1.82, 2.24) is 14.8 Å². The lowest BCUT2D eigenvalue weighted by atomic mass is 9.81. The van der Waals surface area contributed by atoms with Crippen molar-refractivity contribution in [2.45, 2.75) is 37.9 Å². The molecule has 0 unspecified atom stereocenters. The van der Waals surface area contributed by atoms with Crippen LogP contribution in [0.25, 0.3) is 0 Å². The molecule has 0 saturated heterocycles. The highest BCUT2D eigenvalue weighted by Crippen LogP contribution is 2.42. The number of hydrogen-bond donors (Lipinski definition) is 1. The van der Waals surface area contributed by atoms with E-state index in [1.54, 1.807) is 18.9 Å². The first-order valence-corrected chi connectivity index (χ1v) is 9.85. The highest BCUT2D eigenvalue weighted by atomic mass is 32.2. The minimum atomic E-state index is -0.268. The van der Waals surface area contributed by atoms with Gasteiger partial charge in [0.15, 0.2) is 5.78 Å². The van der Waals surface area contributed by atoms with Crippen LogP contribution in [0.5, 0.6) is 5.75 Å². The lowest BCUT2D eigenvalue weighted by Crippen LogP contribution is -2.33. The lowest BCUT2D eigenvalue weighted by Gasteiger charge is -2.34. The molecule has 1 aromatic carbocycles. The maximum atomic E-state index is 12.9. The Morgan fingerprint density at radius 2 is 2.23 bits per heavy atom. The molecular formula is C19H22N4O2S. The van der Waals surface area contributed by atoms with Crippen molar-refractivity contribution >= 4 is 23.5 Å². The molecule has 136 valence electrons. The van der Waals surface area contributed by atoms with Gasteiger partial charge >= 0.3 is 0 Å². The van der Waals surface area contributed by atoms with E-state index in [0.717, 1.165) is 39.9 Å². The van der Waals surface area contributed by atoms with Gasteiger partial charge in [-0.2, -0.15) is 4.98 Å². The fourth-order valence-corrected chi connectivity index (χ4v) is 4.25. The van der Waals surface area contributed by atoms with Crippen LogP contribution in [0.2, 0.25) is 0 Å². The number of methoxy groups -OCH3 is 1. The first-order valence-electron chi connectivity index (χ1n) is 8.87. The molecule has 26 heavy (non-hydrogen) atoms. The van der Waals surface area contributed by atoms with E-state index in [2.05, 4.69) is 29.2 Å². The summed E-state index contributed by atoms with van der Waals surface area (Å²) in [6, 6.07) is 7.59. The van der Waals surface area contributed by atoms with Gasteiger partial charge in [-0.1, -0.05) is 37.7 Å². The average molecular weight is 370 g/mol. The number of hydrogen-bond acceptors (Lipinski definition) is 6. The number of carbonyl (C=O) groups excluding carboxylic acids is 1. The predicted octanol–water partition coefficient (Wildman–Crippen LogP) is 3.67. The Hall–Kier alpha value is -2.28. The molecule has 0 spiro atoms. The number of benzene rings is 1. The van der Waals surface area contributed by atoms with Crippen LogP contribution in [0.15, 0.2) is 40.7 Å². The zero-order chi connectivity index (χ0) is 18.3. The zero-order valence-electron chi connectivity index (χ0n) is 15.2. The summed E-state index contributed by atoms with van der Waals surface area (Å²) in [5.74, 6) is 2.89. The molecule has 1 aromatic heterocycles. The number of Topliss-reactive ketones (excluding diaryl/α,β-unsaturated/α-hetero) is 1. The van der Waals surface area contributed by atoms with E-state index in [1.807, 2.05) is 28.9 Å². The van der Waals surface area contributed by atoms with Gasteiger partial charge in [0.05, 0.1) is 7.11 Å². The summed E-state index contributed by atoms with van der Waals surface area (Å²) >= 11 is 1.60. The fourth-order valence-electron chi connectivity index (χ4n) is 3.70. The Kier molecular flexibility index (Phi) is 4.48. The van der Waals surface area contributed by atoms with Crippen LogP contribution in [0.4, 0.5) is 5.95 Å². The smallest absolute Gasteiger partial charge is 0.227 e.